The third kappa shape index (κ3) is 3.78. The third-order valence-corrected chi connectivity index (χ3v) is 3.31. The fraction of sp³-hybridized carbons (Fsp3) is 0.188. The normalized spacial score (nSPS) is 11.8. The van der Waals surface area contributed by atoms with Crippen LogP contribution in [0.15, 0.2) is 48.5 Å². The molecule has 2 rings (SSSR count). The molecule has 1 unspecified atom stereocenters. The van der Waals surface area contributed by atoms with Crippen LogP contribution in [0.5, 0.6) is 0 Å². The number of hydrogen-bond donors (Lipinski definition) is 2. The molecule has 0 aliphatic carbocycles. The second-order valence-corrected chi connectivity index (χ2v) is 5.10. The van der Waals surface area contributed by atoms with Gasteiger partial charge in [0.15, 0.2) is 5.11 Å². The van der Waals surface area contributed by atoms with E-state index in [9.17, 15) is 4.39 Å². The number of rotatable bonds is 3. The van der Waals surface area contributed by atoms with Crippen LogP contribution in [-0.4, -0.2) is 5.11 Å². The molecule has 0 aliphatic rings. The van der Waals surface area contributed by atoms with Gasteiger partial charge in [-0.3, -0.25) is 0 Å². The van der Waals surface area contributed by atoms with Gasteiger partial charge >= 0.3 is 0 Å². The summed E-state index contributed by atoms with van der Waals surface area (Å²) in [5.74, 6) is -0.281. The first kappa shape index (κ1) is 14.5. The smallest absolute Gasteiger partial charge is 0.171 e. The Kier molecular flexibility index (Phi) is 4.69. The second-order valence-electron chi connectivity index (χ2n) is 4.69. The second kappa shape index (κ2) is 6.48. The van der Waals surface area contributed by atoms with Gasteiger partial charge in [0, 0.05) is 5.69 Å². The van der Waals surface area contributed by atoms with Crippen molar-refractivity contribution in [2.75, 3.05) is 5.32 Å². The summed E-state index contributed by atoms with van der Waals surface area (Å²) in [6.07, 6.45) is 0. The van der Waals surface area contributed by atoms with E-state index in [0.717, 1.165) is 11.1 Å². The van der Waals surface area contributed by atoms with Gasteiger partial charge in [0.1, 0.15) is 5.82 Å². The molecule has 104 valence electrons. The third-order valence-electron chi connectivity index (χ3n) is 3.09. The Morgan fingerprint density at radius 3 is 2.55 bits per heavy atom. The Morgan fingerprint density at radius 2 is 1.85 bits per heavy atom. The highest BCUT2D eigenvalue weighted by Crippen LogP contribution is 2.17. The van der Waals surface area contributed by atoms with E-state index in [0.29, 0.717) is 10.8 Å². The summed E-state index contributed by atoms with van der Waals surface area (Å²) in [6, 6.07) is 14.7. The van der Waals surface area contributed by atoms with Crippen molar-refractivity contribution in [1.29, 1.82) is 0 Å². The summed E-state index contributed by atoms with van der Waals surface area (Å²) in [6.45, 7) is 3.94. The Morgan fingerprint density at radius 1 is 1.15 bits per heavy atom. The van der Waals surface area contributed by atoms with E-state index < -0.39 is 0 Å². The number of hydrogen-bond acceptors (Lipinski definition) is 1. The van der Waals surface area contributed by atoms with Gasteiger partial charge < -0.3 is 10.6 Å². The fourth-order valence-electron chi connectivity index (χ4n) is 1.91. The van der Waals surface area contributed by atoms with Crippen molar-refractivity contribution in [2.45, 2.75) is 19.9 Å². The van der Waals surface area contributed by atoms with Crippen LogP contribution in [0.25, 0.3) is 0 Å². The highest BCUT2D eigenvalue weighted by Gasteiger charge is 2.08. The van der Waals surface area contributed by atoms with Crippen LogP contribution in [0, 0.1) is 12.7 Å². The number of nitrogens with one attached hydrogen (secondary N) is 2. The lowest BCUT2D eigenvalue weighted by atomic mass is 10.1. The van der Waals surface area contributed by atoms with E-state index in [1.54, 1.807) is 6.07 Å². The largest absolute Gasteiger partial charge is 0.356 e. The van der Waals surface area contributed by atoms with E-state index in [1.807, 2.05) is 44.2 Å². The molecule has 0 saturated heterocycles. The standard InChI is InChI=1S/C16H17FN2S/c1-11-8-9-14(17)10-15(11)19-16(20)18-12(2)13-6-4-3-5-7-13/h3-10,12H,1-2H3,(H2,18,19,20). The summed E-state index contributed by atoms with van der Waals surface area (Å²) >= 11 is 5.27. The van der Waals surface area contributed by atoms with E-state index >= 15 is 0 Å². The zero-order valence-electron chi connectivity index (χ0n) is 11.5. The molecular weight excluding hydrogens is 271 g/mol. The molecule has 0 aliphatic heterocycles. The maximum Gasteiger partial charge on any atom is 0.171 e. The number of halogens is 1. The van der Waals surface area contributed by atoms with Crippen molar-refractivity contribution in [1.82, 2.24) is 5.32 Å². The fourth-order valence-corrected chi connectivity index (χ4v) is 2.20. The predicted octanol–water partition coefficient (Wildman–Crippen LogP) is 4.18. The molecule has 0 fully saturated rings. The molecule has 0 heterocycles. The van der Waals surface area contributed by atoms with Crippen molar-refractivity contribution >= 4 is 23.0 Å². The van der Waals surface area contributed by atoms with E-state index in [2.05, 4.69) is 10.6 Å². The van der Waals surface area contributed by atoms with Gasteiger partial charge in [0.2, 0.25) is 0 Å². The molecule has 2 nitrogen and oxygen atoms in total. The van der Waals surface area contributed by atoms with Crippen molar-refractivity contribution in [3.63, 3.8) is 0 Å². The average Bonchev–Trinajstić information content (AvgIpc) is 2.43. The van der Waals surface area contributed by atoms with Crippen LogP contribution in [0.1, 0.15) is 24.1 Å². The molecule has 0 radical (unpaired) electrons. The highest BCUT2D eigenvalue weighted by molar-refractivity contribution is 7.80. The van der Waals surface area contributed by atoms with Gasteiger partial charge in [0.25, 0.3) is 0 Å². The molecule has 0 saturated carbocycles. The quantitative estimate of drug-likeness (QED) is 0.828. The van der Waals surface area contributed by atoms with Gasteiger partial charge in [-0.1, -0.05) is 36.4 Å². The van der Waals surface area contributed by atoms with E-state index in [-0.39, 0.29) is 11.9 Å². The van der Waals surface area contributed by atoms with Crippen molar-refractivity contribution < 1.29 is 4.39 Å². The zero-order chi connectivity index (χ0) is 14.5. The number of anilines is 1. The van der Waals surface area contributed by atoms with Crippen LogP contribution < -0.4 is 10.6 Å². The topological polar surface area (TPSA) is 24.1 Å². The van der Waals surface area contributed by atoms with Crippen LogP contribution in [0.4, 0.5) is 10.1 Å². The molecule has 2 aromatic carbocycles. The van der Waals surface area contributed by atoms with Gasteiger partial charge in [-0.25, -0.2) is 4.39 Å². The average molecular weight is 288 g/mol. The monoisotopic (exact) mass is 288 g/mol. The van der Waals surface area contributed by atoms with Crippen LogP contribution in [0.3, 0.4) is 0 Å². The number of aryl methyl sites for hydroxylation is 1. The Bertz CT molecular complexity index is 599. The molecule has 0 aromatic heterocycles. The molecular formula is C16H17FN2S. The lowest BCUT2D eigenvalue weighted by Crippen LogP contribution is -2.31. The highest BCUT2D eigenvalue weighted by atomic mass is 32.1. The first-order valence-corrected chi connectivity index (χ1v) is 6.85. The molecule has 0 bridgehead atoms. The Labute approximate surface area is 124 Å². The van der Waals surface area contributed by atoms with Crippen molar-refractivity contribution in [3.8, 4) is 0 Å². The summed E-state index contributed by atoms with van der Waals surface area (Å²) in [5.41, 5.74) is 2.78. The van der Waals surface area contributed by atoms with Crippen LogP contribution in [0.2, 0.25) is 0 Å². The first-order chi connectivity index (χ1) is 9.56. The van der Waals surface area contributed by atoms with Crippen molar-refractivity contribution in [3.05, 3.63) is 65.5 Å². The first-order valence-electron chi connectivity index (χ1n) is 6.45. The Hall–Kier alpha value is -1.94. The summed E-state index contributed by atoms with van der Waals surface area (Å²) in [5, 5.41) is 6.70. The minimum atomic E-state index is -0.281. The van der Waals surface area contributed by atoms with Gasteiger partial charge in [-0.2, -0.15) is 0 Å². The maximum atomic E-state index is 13.2. The summed E-state index contributed by atoms with van der Waals surface area (Å²) in [7, 11) is 0. The van der Waals surface area contributed by atoms with Crippen molar-refractivity contribution in [2.24, 2.45) is 0 Å². The van der Waals surface area contributed by atoms with Gasteiger partial charge in [-0.05, 0) is 49.3 Å². The zero-order valence-corrected chi connectivity index (χ0v) is 12.3. The van der Waals surface area contributed by atoms with E-state index in [1.165, 1.54) is 12.1 Å². The van der Waals surface area contributed by atoms with Gasteiger partial charge in [0.05, 0.1) is 6.04 Å². The van der Waals surface area contributed by atoms with E-state index in [4.69, 9.17) is 12.2 Å². The maximum absolute atomic E-state index is 13.2. The lowest BCUT2D eigenvalue weighted by molar-refractivity contribution is 0.628. The Balaban J connectivity index is 2.01. The molecule has 2 aromatic rings. The number of benzene rings is 2. The van der Waals surface area contributed by atoms with Crippen LogP contribution >= 0.6 is 12.2 Å². The molecule has 4 heteroatoms. The summed E-state index contributed by atoms with van der Waals surface area (Å²) in [4.78, 5) is 0. The predicted molar refractivity (Wildman–Crippen MR) is 85.4 cm³/mol. The SMILES string of the molecule is Cc1ccc(F)cc1NC(=S)NC(C)c1ccccc1. The molecule has 0 amide bonds. The lowest BCUT2D eigenvalue weighted by Gasteiger charge is -2.18. The molecule has 0 spiro atoms. The molecule has 2 N–H and O–H groups in total. The minimum absolute atomic E-state index is 0.0880. The minimum Gasteiger partial charge on any atom is -0.356 e. The van der Waals surface area contributed by atoms with Crippen LogP contribution in [-0.2, 0) is 0 Å². The van der Waals surface area contributed by atoms with Gasteiger partial charge in [-0.15, -0.1) is 0 Å². The molecule has 20 heavy (non-hydrogen) atoms. The summed E-state index contributed by atoms with van der Waals surface area (Å²) < 4.78 is 13.2. The molecule has 1 atom stereocenters. The number of thiocarbonyl (C=S) groups is 1.